The minimum Gasteiger partial charge on any atom is -0.315 e. The van der Waals surface area contributed by atoms with Gasteiger partial charge in [-0.3, -0.25) is 14.6 Å². The van der Waals surface area contributed by atoms with Gasteiger partial charge in [-0.2, -0.15) is 5.26 Å². The van der Waals surface area contributed by atoms with Gasteiger partial charge in [-0.15, -0.1) is 0 Å². The minimum absolute atomic E-state index is 0.0316. The lowest BCUT2D eigenvalue weighted by molar-refractivity contribution is -0.119. The Morgan fingerprint density at radius 2 is 2.19 bits per heavy atom. The van der Waals surface area contributed by atoms with Crippen LogP contribution in [0.3, 0.4) is 0 Å². The molecule has 1 N–H and O–H groups in total. The van der Waals surface area contributed by atoms with Crippen LogP contribution in [-0.4, -0.2) is 50.1 Å². The van der Waals surface area contributed by atoms with Crippen molar-refractivity contribution < 1.29 is 4.79 Å². The molecule has 1 aliphatic rings. The number of amides is 1. The molecular weight excluding hydrogens is 264 g/mol. The Morgan fingerprint density at radius 1 is 1.43 bits per heavy atom. The SMILES string of the molecule is CN(CC(=O)N(CC#N)c1ccccc1)C1CCCNC1. The van der Waals surface area contributed by atoms with E-state index < -0.39 is 0 Å². The number of carbonyl (C=O) groups excluding carboxylic acids is 1. The number of nitrogens with one attached hydrogen (secondary N) is 1. The van der Waals surface area contributed by atoms with Gasteiger partial charge in [0.1, 0.15) is 6.54 Å². The van der Waals surface area contributed by atoms with E-state index in [1.54, 1.807) is 4.90 Å². The molecular formula is C16H22N4O. The Kier molecular flexibility index (Phi) is 5.73. The van der Waals surface area contributed by atoms with Crippen LogP contribution in [0.4, 0.5) is 5.69 Å². The van der Waals surface area contributed by atoms with Gasteiger partial charge in [-0.25, -0.2) is 0 Å². The van der Waals surface area contributed by atoms with Gasteiger partial charge in [0.2, 0.25) is 5.91 Å². The van der Waals surface area contributed by atoms with Gasteiger partial charge in [-0.1, -0.05) is 18.2 Å². The molecule has 1 aromatic rings. The van der Waals surface area contributed by atoms with Crippen LogP contribution in [0.1, 0.15) is 12.8 Å². The smallest absolute Gasteiger partial charge is 0.242 e. The maximum Gasteiger partial charge on any atom is 0.242 e. The maximum atomic E-state index is 12.5. The molecule has 1 saturated heterocycles. The van der Waals surface area contributed by atoms with Gasteiger partial charge in [0.05, 0.1) is 12.6 Å². The fourth-order valence-corrected chi connectivity index (χ4v) is 2.64. The van der Waals surface area contributed by atoms with Crippen LogP contribution in [0.15, 0.2) is 30.3 Å². The predicted molar refractivity (Wildman–Crippen MR) is 82.9 cm³/mol. The highest BCUT2D eigenvalue weighted by molar-refractivity contribution is 5.95. The largest absolute Gasteiger partial charge is 0.315 e. The molecule has 0 bridgehead atoms. The van der Waals surface area contributed by atoms with Crippen molar-refractivity contribution in [2.75, 3.05) is 38.1 Å². The lowest BCUT2D eigenvalue weighted by Crippen LogP contribution is -2.48. The lowest BCUT2D eigenvalue weighted by atomic mass is 10.1. The molecule has 21 heavy (non-hydrogen) atoms. The lowest BCUT2D eigenvalue weighted by Gasteiger charge is -2.32. The molecule has 0 radical (unpaired) electrons. The fraction of sp³-hybridized carbons (Fsp3) is 0.500. The molecule has 1 atom stereocenters. The van der Waals surface area contributed by atoms with E-state index in [0.717, 1.165) is 31.6 Å². The number of hydrogen-bond donors (Lipinski definition) is 1. The first-order valence-corrected chi connectivity index (χ1v) is 7.35. The van der Waals surface area contributed by atoms with Gasteiger partial charge in [-0.05, 0) is 38.6 Å². The van der Waals surface area contributed by atoms with Crippen molar-refractivity contribution in [1.82, 2.24) is 10.2 Å². The highest BCUT2D eigenvalue weighted by atomic mass is 16.2. The third-order valence-corrected chi connectivity index (χ3v) is 3.88. The Labute approximate surface area is 126 Å². The molecule has 1 fully saturated rings. The normalized spacial score (nSPS) is 18.2. The quantitative estimate of drug-likeness (QED) is 0.827. The summed E-state index contributed by atoms with van der Waals surface area (Å²) in [5, 5.41) is 12.3. The Morgan fingerprint density at radius 3 is 2.81 bits per heavy atom. The minimum atomic E-state index is -0.0316. The van der Waals surface area contributed by atoms with Crippen LogP contribution in [0.25, 0.3) is 0 Å². The molecule has 0 spiro atoms. The predicted octanol–water partition coefficient (Wildman–Crippen LogP) is 1.23. The molecule has 1 aromatic carbocycles. The van der Waals surface area contributed by atoms with Crippen molar-refractivity contribution >= 4 is 11.6 Å². The average Bonchev–Trinajstić information content (AvgIpc) is 2.54. The highest BCUT2D eigenvalue weighted by Gasteiger charge is 2.22. The van der Waals surface area contributed by atoms with E-state index in [2.05, 4.69) is 16.3 Å². The Balaban J connectivity index is 2.00. The number of nitrogens with zero attached hydrogens (tertiary/aromatic N) is 3. The molecule has 112 valence electrons. The van der Waals surface area contributed by atoms with Crippen molar-refractivity contribution in [3.8, 4) is 6.07 Å². The van der Waals surface area contributed by atoms with Gasteiger partial charge in [0, 0.05) is 18.3 Å². The molecule has 1 amide bonds. The molecule has 1 unspecified atom stereocenters. The number of carbonyl (C=O) groups is 1. The second-order valence-electron chi connectivity index (χ2n) is 5.39. The first-order chi connectivity index (χ1) is 10.2. The molecule has 5 nitrogen and oxygen atoms in total. The summed E-state index contributed by atoms with van der Waals surface area (Å²) in [4.78, 5) is 16.1. The number of piperidine rings is 1. The third kappa shape index (κ3) is 4.28. The number of para-hydroxylation sites is 1. The molecule has 0 aromatic heterocycles. The third-order valence-electron chi connectivity index (χ3n) is 3.88. The van der Waals surface area contributed by atoms with Crippen LogP contribution < -0.4 is 10.2 Å². The van der Waals surface area contributed by atoms with Crippen LogP contribution in [0, 0.1) is 11.3 Å². The fourth-order valence-electron chi connectivity index (χ4n) is 2.64. The van der Waals surface area contributed by atoms with Gasteiger partial charge in [0.15, 0.2) is 0 Å². The van der Waals surface area contributed by atoms with E-state index in [9.17, 15) is 4.79 Å². The van der Waals surface area contributed by atoms with E-state index in [-0.39, 0.29) is 12.5 Å². The number of nitriles is 1. The topological polar surface area (TPSA) is 59.4 Å². The summed E-state index contributed by atoms with van der Waals surface area (Å²) in [6.45, 7) is 2.40. The Hall–Kier alpha value is -1.90. The molecule has 1 heterocycles. The summed E-state index contributed by atoms with van der Waals surface area (Å²) in [6.07, 6.45) is 2.25. The molecule has 2 rings (SSSR count). The van der Waals surface area contributed by atoms with Crippen molar-refractivity contribution in [1.29, 1.82) is 5.26 Å². The summed E-state index contributed by atoms with van der Waals surface area (Å²) in [5.41, 5.74) is 0.777. The second kappa shape index (κ2) is 7.77. The van der Waals surface area contributed by atoms with Gasteiger partial charge < -0.3 is 5.32 Å². The Bertz CT molecular complexity index is 491. The molecule has 0 aliphatic carbocycles. The van der Waals surface area contributed by atoms with Crippen LogP contribution >= 0.6 is 0 Å². The monoisotopic (exact) mass is 286 g/mol. The summed E-state index contributed by atoms with van der Waals surface area (Å²) in [7, 11) is 1.98. The van der Waals surface area contributed by atoms with E-state index in [1.807, 2.05) is 37.4 Å². The molecule has 0 saturated carbocycles. The van der Waals surface area contributed by atoms with E-state index in [0.29, 0.717) is 12.6 Å². The van der Waals surface area contributed by atoms with Crippen LogP contribution in [0.2, 0.25) is 0 Å². The zero-order chi connectivity index (χ0) is 15.1. The summed E-state index contributed by atoms with van der Waals surface area (Å²) in [5.74, 6) is -0.0316. The van der Waals surface area contributed by atoms with Crippen LogP contribution in [-0.2, 0) is 4.79 Å². The van der Waals surface area contributed by atoms with Gasteiger partial charge in [0.25, 0.3) is 0 Å². The second-order valence-corrected chi connectivity index (χ2v) is 5.39. The standard InChI is InChI=1S/C16H22N4O/c1-19(15-8-5-10-18-12-15)13-16(21)20(11-9-17)14-6-3-2-4-7-14/h2-4,6-7,15,18H,5,8,10-13H2,1H3. The average molecular weight is 286 g/mol. The summed E-state index contributed by atoms with van der Waals surface area (Å²) in [6, 6.07) is 11.8. The highest BCUT2D eigenvalue weighted by Crippen LogP contribution is 2.14. The van der Waals surface area contributed by atoms with E-state index in [4.69, 9.17) is 5.26 Å². The van der Waals surface area contributed by atoms with Crippen molar-refractivity contribution in [2.24, 2.45) is 0 Å². The van der Waals surface area contributed by atoms with Crippen molar-refractivity contribution in [3.05, 3.63) is 30.3 Å². The first kappa shape index (κ1) is 15.5. The summed E-state index contributed by atoms with van der Waals surface area (Å²) >= 11 is 0. The molecule has 1 aliphatic heterocycles. The number of anilines is 1. The van der Waals surface area contributed by atoms with Gasteiger partial charge >= 0.3 is 0 Å². The zero-order valence-corrected chi connectivity index (χ0v) is 12.5. The van der Waals surface area contributed by atoms with E-state index >= 15 is 0 Å². The first-order valence-electron chi connectivity index (χ1n) is 7.35. The summed E-state index contributed by atoms with van der Waals surface area (Å²) < 4.78 is 0. The number of benzene rings is 1. The zero-order valence-electron chi connectivity index (χ0n) is 12.5. The molecule has 5 heteroatoms. The van der Waals surface area contributed by atoms with Crippen molar-refractivity contribution in [3.63, 3.8) is 0 Å². The van der Waals surface area contributed by atoms with E-state index in [1.165, 1.54) is 0 Å². The van der Waals surface area contributed by atoms with Crippen LogP contribution in [0.5, 0.6) is 0 Å². The number of rotatable bonds is 5. The van der Waals surface area contributed by atoms with Crippen molar-refractivity contribution in [2.45, 2.75) is 18.9 Å². The number of hydrogen-bond acceptors (Lipinski definition) is 4. The maximum absolute atomic E-state index is 12.5. The number of likely N-dealkylation sites (N-methyl/N-ethyl adjacent to an activating group) is 1.